The Hall–Kier alpha value is -2.74. The molecule has 17 heavy (non-hydrogen) atoms. The molecule has 0 atom stereocenters. The lowest BCUT2D eigenvalue weighted by Crippen LogP contribution is -2.01. The third-order valence-corrected chi connectivity index (χ3v) is 2.65. The van der Waals surface area contributed by atoms with Crippen LogP contribution in [-0.2, 0) is 0 Å². The second-order valence-corrected chi connectivity index (χ2v) is 3.69. The van der Waals surface area contributed by atoms with Gasteiger partial charge in [0.15, 0.2) is 5.69 Å². The third kappa shape index (κ3) is 1.35. The lowest BCUT2D eigenvalue weighted by molar-refractivity contribution is 0.890. The van der Waals surface area contributed by atoms with Crippen LogP contribution in [-0.4, -0.2) is 14.8 Å². The number of aromatic amines is 1. The predicted molar refractivity (Wildman–Crippen MR) is 64.5 cm³/mol. The highest BCUT2D eigenvalue weighted by Gasteiger charge is 2.09. The van der Waals surface area contributed by atoms with E-state index in [-0.39, 0.29) is 0 Å². The number of H-pyrrole nitrogens is 1. The second-order valence-electron chi connectivity index (χ2n) is 3.69. The van der Waals surface area contributed by atoms with Gasteiger partial charge in [0.25, 0.3) is 0 Å². The first-order chi connectivity index (χ1) is 8.29. The standard InChI is InChI=1S/C12H9N5/c13-7-8-6-12(14)17(16-8)11-3-1-2-10-9(11)4-5-15-10/h1-6,15H,14H2. The molecular formula is C12H9N5. The summed E-state index contributed by atoms with van der Waals surface area (Å²) in [6, 6.07) is 11.3. The van der Waals surface area contributed by atoms with E-state index in [1.807, 2.05) is 36.5 Å². The summed E-state index contributed by atoms with van der Waals surface area (Å²) in [4.78, 5) is 3.12. The molecule has 0 unspecified atom stereocenters. The molecule has 0 aliphatic heterocycles. The van der Waals surface area contributed by atoms with E-state index in [1.54, 1.807) is 10.7 Å². The fourth-order valence-corrected chi connectivity index (χ4v) is 1.90. The minimum atomic E-state index is 0.315. The zero-order valence-electron chi connectivity index (χ0n) is 8.88. The lowest BCUT2D eigenvalue weighted by atomic mass is 10.2. The Kier molecular flexibility index (Phi) is 1.89. The number of hydrogen-bond donors (Lipinski definition) is 2. The van der Waals surface area contributed by atoms with Gasteiger partial charge in [-0.25, -0.2) is 4.68 Å². The van der Waals surface area contributed by atoms with Gasteiger partial charge in [0, 0.05) is 23.2 Å². The molecule has 2 aromatic heterocycles. The van der Waals surface area contributed by atoms with E-state index in [2.05, 4.69) is 10.1 Å². The molecule has 0 amide bonds. The van der Waals surface area contributed by atoms with Crippen LogP contribution in [0.15, 0.2) is 36.5 Å². The molecule has 0 radical (unpaired) electrons. The lowest BCUT2D eigenvalue weighted by Gasteiger charge is -2.04. The summed E-state index contributed by atoms with van der Waals surface area (Å²) < 4.78 is 1.58. The summed E-state index contributed by atoms with van der Waals surface area (Å²) in [6.07, 6.45) is 1.86. The van der Waals surface area contributed by atoms with Crippen LogP contribution in [0.1, 0.15) is 5.69 Å². The van der Waals surface area contributed by atoms with E-state index >= 15 is 0 Å². The van der Waals surface area contributed by atoms with Crippen LogP contribution in [0, 0.1) is 11.3 Å². The van der Waals surface area contributed by atoms with Crippen LogP contribution >= 0.6 is 0 Å². The molecule has 0 bridgehead atoms. The van der Waals surface area contributed by atoms with Crippen molar-refractivity contribution in [3.8, 4) is 11.8 Å². The highest BCUT2D eigenvalue weighted by molar-refractivity contribution is 5.88. The van der Waals surface area contributed by atoms with E-state index in [0.717, 1.165) is 16.6 Å². The van der Waals surface area contributed by atoms with Crippen LogP contribution in [0.2, 0.25) is 0 Å². The van der Waals surface area contributed by atoms with Crippen molar-refractivity contribution in [1.82, 2.24) is 14.8 Å². The molecule has 1 aromatic carbocycles. The number of aromatic nitrogens is 3. The van der Waals surface area contributed by atoms with Crippen molar-refractivity contribution in [3.05, 3.63) is 42.2 Å². The molecule has 0 saturated heterocycles. The van der Waals surface area contributed by atoms with Gasteiger partial charge < -0.3 is 10.7 Å². The first-order valence-electron chi connectivity index (χ1n) is 5.12. The fraction of sp³-hybridized carbons (Fsp3) is 0. The Bertz CT molecular complexity index is 729. The summed E-state index contributed by atoms with van der Waals surface area (Å²) in [5.41, 5.74) is 8.04. The number of fused-ring (bicyclic) bond motifs is 1. The van der Waals surface area contributed by atoms with Gasteiger partial charge in [-0.05, 0) is 18.2 Å². The van der Waals surface area contributed by atoms with Crippen molar-refractivity contribution in [2.45, 2.75) is 0 Å². The SMILES string of the molecule is N#Cc1cc(N)n(-c2cccc3[nH]ccc23)n1. The molecule has 5 heteroatoms. The molecular weight excluding hydrogens is 214 g/mol. The van der Waals surface area contributed by atoms with Gasteiger partial charge in [0.05, 0.1) is 5.69 Å². The smallest absolute Gasteiger partial charge is 0.165 e. The molecule has 0 fully saturated rings. The van der Waals surface area contributed by atoms with Gasteiger partial charge in [0.2, 0.25) is 0 Å². The maximum atomic E-state index is 8.81. The molecule has 0 aliphatic carbocycles. The zero-order valence-corrected chi connectivity index (χ0v) is 8.88. The summed E-state index contributed by atoms with van der Waals surface area (Å²) in [5.74, 6) is 0.454. The zero-order chi connectivity index (χ0) is 11.8. The Morgan fingerprint density at radius 3 is 3.00 bits per heavy atom. The van der Waals surface area contributed by atoms with Gasteiger partial charge in [-0.2, -0.15) is 10.4 Å². The summed E-state index contributed by atoms with van der Waals surface area (Å²) >= 11 is 0. The van der Waals surface area contributed by atoms with Crippen LogP contribution < -0.4 is 5.73 Å². The summed E-state index contributed by atoms with van der Waals surface area (Å²) in [5, 5.41) is 14.0. The number of nitrogen functional groups attached to an aromatic ring is 1. The number of hydrogen-bond acceptors (Lipinski definition) is 3. The number of rotatable bonds is 1. The average molecular weight is 223 g/mol. The topological polar surface area (TPSA) is 83.4 Å². The molecule has 3 aromatic rings. The number of nitrogens with two attached hydrogens (primary N) is 1. The largest absolute Gasteiger partial charge is 0.384 e. The van der Waals surface area contributed by atoms with E-state index in [4.69, 9.17) is 11.0 Å². The summed E-state index contributed by atoms with van der Waals surface area (Å²) in [7, 11) is 0. The number of nitriles is 1. The quantitative estimate of drug-likeness (QED) is 0.659. The van der Waals surface area contributed by atoms with Gasteiger partial charge >= 0.3 is 0 Å². The Morgan fingerprint density at radius 1 is 1.35 bits per heavy atom. The van der Waals surface area contributed by atoms with Crippen molar-refractivity contribution >= 4 is 16.7 Å². The number of nitrogens with one attached hydrogen (secondary N) is 1. The van der Waals surface area contributed by atoms with Gasteiger partial charge in [-0.3, -0.25) is 0 Å². The first kappa shape index (κ1) is 9.48. The highest BCUT2D eigenvalue weighted by Crippen LogP contribution is 2.23. The maximum Gasteiger partial charge on any atom is 0.165 e. The number of anilines is 1. The van der Waals surface area contributed by atoms with Crippen LogP contribution in [0.5, 0.6) is 0 Å². The van der Waals surface area contributed by atoms with E-state index in [1.165, 1.54) is 0 Å². The van der Waals surface area contributed by atoms with Crippen molar-refractivity contribution < 1.29 is 0 Å². The molecule has 0 aliphatic rings. The van der Waals surface area contributed by atoms with Crippen molar-refractivity contribution in [3.63, 3.8) is 0 Å². The van der Waals surface area contributed by atoms with Gasteiger partial charge in [-0.1, -0.05) is 6.07 Å². The number of nitrogens with zero attached hydrogens (tertiary/aromatic N) is 3. The van der Waals surface area contributed by atoms with Crippen molar-refractivity contribution in [2.75, 3.05) is 5.73 Å². The number of benzene rings is 1. The van der Waals surface area contributed by atoms with Crippen LogP contribution in [0.25, 0.3) is 16.6 Å². The Labute approximate surface area is 97.1 Å². The molecule has 0 saturated carbocycles. The molecule has 2 heterocycles. The van der Waals surface area contributed by atoms with Crippen molar-refractivity contribution in [2.24, 2.45) is 0 Å². The average Bonchev–Trinajstić information content (AvgIpc) is 2.94. The molecule has 0 spiro atoms. The fourth-order valence-electron chi connectivity index (χ4n) is 1.90. The predicted octanol–water partition coefficient (Wildman–Crippen LogP) is 1.81. The Balaban J connectivity index is 2.30. The van der Waals surface area contributed by atoms with Gasteiger partial charge in [0.1, 0.15) is 11.9 Å². The minimum Gasteiger partial charge on any atom is -0.384 e. The Morgan fingerprint density at radius 2 is 2.24 bits per heavy atom. The molecule has 3 N–H and O–H groups in total. The summed E-state index contributed by atoms with van der Waals surface area (Å²) in [6.45, 7) is 0. The van der Waals surface area contributed by atoms with E-state index in [0.29, 0.717) is 11.5 Å². The van der Waals surface area contributed by atoms with Gasteiger partial charge in [-0.15, -0.1) is 0 Å². The maximum absolute atomic E-state index is 8.81. The molecule has 82 valence electrons. The van der Waals surface area contributed by atoms with Crippen molar-refractivity contribution in [1.29, 1.82) is 5.26 Å². The second kappa shape index (κ2) is 3.39. The van der Waals surface area contributed by atoms with E-state index in [9.17, 15) is 0 Å². The minimum absolute atomic E-state index is 0.315. The monoisotopic (exact) mass is 223 g/mol. The molecule has 5 nitrogen and oxygen atoms in total. The van der Waals surface area contributed by atoms with Crippen LogP contribution in [0.4, 0.5) is 5.82 Å². The highest BCUT2D eigenvalue weighted by atomic mass is 15.3. The first-order valence-corrected chi connectivity index (χ1v) is 5.12. The molecule has 3 rings (SSSR count). The third-order valence-electron chi connectivity index (χ3n) is 2.65. The normalized spacial score (nSPS) is 10.5. The van der Waals surface area contributed by atoms with Crippen LogP contribution in [0.3, 0.4) is 0 Å². The van der Waals surface area contributed by atoms with E-state index < -0.39 is 0 Å².